The fourth-order valence-corrected chi connectivity index (χ4v) is 3.29. The number of anilines is 2. The standard InChI is InChI=1S/C20H20N4O4S/c1-2-28-16-8-4-3-7-15(16)23-17(25)10-9-13-12-29-20(22-13)24-19(27)14-6-5-11-21-18(14)26/h3-8,11-12H,2,9-10H2,1H3,(H,21,26)(H,23,25)(H,22,24,27). The minimum Gasteiger partial charge on any atom is -0.492 e. The Hall–Kier alpha value is -3.46. The molecule has 29 heavy (non-hydrogen) atoms. The molecule has 3 aromatic rings. The van der Waals surface area contributed by atoms with Crippen LogP contribution in [0.15, 0.2) is 52.8 Å². The molecule has 0 radical (unpaired) electrons. The predicted octanol–water partition coefficient (Wildman–Crippen LogP) is 3.05. The lowest BCUT2D eigenvalue weighted by molar-refractivity contribution is -0.116. The zero-order valence-corrected chi connectivity index (χ0v) is 16.5. The summed E-state index contributed by atoms with van der Waals surface area (Å²) in [6.07, 6.45) is 2.11. The second kappa shape index (κ2) is 9.65. The van der Waals surface area contributed by atoms with Crippen molar-refractivity contribution in [1.82, 2.24) is 9.97 Å². The SMILES string of the molecule is CCOc1ccccc1NC(=O)CCc1csc(NC(=O)c2ccc[nH]c2=O)n1. The van der Waals surface area contributed by atoms with Crippen LogP contribution >= 0.6 is 11.3 Å². The van der Waals surface area contributed by atoms with E-state index in [1.54, 1.807) is 23.6 Å². The number of para-hydroxylation sites is 2. The van der Waals surface area contributed by atoms with Crippen molar-refractivity contribution in [2.45, 2.75) is 19.8 Å². The third-order valence-electron chi connectivity index (χ3n) is 3.90. The first-order valence-electron chi connectivity index (χ1n) is 9.02. The van der Waals surface area contributed by atoms with Crippen molar-refractivity contribution in [3.63, 3.8) is 0 Å². The molecule has 2 heterocycles. The number of hydrogen-bond acceptors (Lipinski definition) is 6. The van der Waals surface area contributed by atoms with Crippen LogP contribution in [0, 0.1) is 0 Å². The summed E-state index contributed by atoms with van der Waals surface area (Å²) in [6.45, 7) is 2.39. The van der Waals surface area contributed by atoms with Gasteiger partial charge in [-0.3, -0.25) is 19.7 Å². The molecule has 0 fully saturated rings. The number of ether oxygens (including phenoxy) is 1. The molecule has 0 aliphatic carbocycles. The first-order valence-corrected chi connectivity index (χ1v) is 9.90. The number of amides is 2. The van der Waals surface area contributed by atoms with Crippen molar-refractivity contribution in [2.75, 3.05) is 17.2 Å². The molecule has 2 amide bonds. The summed E-state index contributed by atoms with van der Waals surface area (Å²) >= 11 is 1.24. The van der Waals surface area contributed by atoms with Crippen LogP contribution in [0.1, 0.15) is 29.4 Å². The van der Waals surface area contributed by atoms with Crippen molar-refractivity contribution in [2.24, 2.45) is 0 Å². The van der Waals surface area contributed by atoms with E-state index in [1.165, 1.54) is 23.6 Å². The second-order valence-electron chi connectivity index (χ2n) is 5.99. The van der Waals surface area contributed by atoms with Crippen molar-refractivity contribution in [3.8, 4) is 5.75 Å². The average molecular weight is 412 g/mol. The van der Waals surface area contributed by atoms with Crippen LogP contribution in [-0.4, -0.2) is 28.4 Å². The van der Waals surface area contributed by atoms with E-state index in [0.29, 0.717) is 35.3 Å². The van der Waals surface area contributed by atoms with E-state index < -0.39 is 11.5 Å². The molecule has 3 N–H and O–H groups in total. The number of H-pyrrole nitrogens is 1. The van der Waals surface area contributed by atoms with Gasteiger partial charge in [0, 0.05) is 18.0 Å². The van der Waals surface area contributed by atoms with Gasteiger partial charge in [-0.2, -0.15) is 0 Å². The Morgan fingerprint density at radius 3 is 2.79 bits per heavy atom. The molecule has 0 saturated carbocycles. The third kappa shape index (κ3) is 5.52. The maximum Gasteiger partial charge on any atom is 0.263 e. The van der Waals surface area contributed by atoms with Crippen LogP contribution in [-0.2, 0) is 11.2 Å². The Kier molecular flexibility index (Phi) is 6.75. The number of aromatic amines is 1. The van der Waals surface area contributed by atoms with Gasteiger partial charge in [-0.1, -0.05) is 12.1 Å². The van der Waals surface area contributed by atoms with Crippen molar-refractivity contribution < 1.29 is 14.3 Å². The zero-order valence-electron chi connectivity index (χ0n) is 15.7. The Balaban J connectivity index is 1.54. The molecular formula is C20H20N4O4S. The molecule has 3 rings (SSSR count). The molecule has 0 bridgehead atoms. The second-order valence-corrected chi connectivity index (χ2v) is 6.85. The van der Waals surface area contributed by atoms with Gasteiger partial charge in [0.25, 0.3) is 11.5 Å². The van der Waals surface area contributed by atoms with E-state index in [2.05, 4.69) is 20.6 Å². The number of nitrogens with zero attached hydrogens (tertiary/aromatic N) is 1. The van der Waals surface area contributed by atoms with Gasteiger partial charge < -0.3 is 15.0 Å². The molecule has 0 aliphatic rings. The van der Waals surface area contributed by atoms with Crippen molar-refractivity contribution in [1.29, 1.82) is 0 Å². The topological polar surface area (TPSA) is 113 Å². The summed E-state index contributed by atoms with van der Waals surface area (Å²) in [5, 5.41) is 7.58. The van der Waals surface area contributed by atoms with Crippen LogP contribution in [0.2, 0.25) is 0 Å². The maximum atomic E-state index is 12.3. The highest BCUT2D eigenvalue weighted by atomic mass is 32.1. The summed E-state index contributed by atoms with van der Waals surface area (Å²) < 4.78 is 5.50. The molecule has 9 heteroatoms. The number of nitrogens with one attached hydrogen (secondary N) is 3. The van der Waals surface area contributed by atoms with Gasteiger partial charge in [-0.15, -0.1) is 11.3 Å². The van der Waals surface area contributed by atoms with E-state index in [-0.39, 0.29) is 17.9 Å². The van der Waals surface area contributed by atoms with Crippen LogP contribution in [0.4, 0.5) is 10.8 Å². The zero-order chi connectivity index (χ0) is 20.6. The van der Waals surface area contributed by atoms with Gasteiger partial charge in [0.1, 0.15) is 11.3 Å². The van der Waals surface area contributed by atoms with Gasteiger partial charge in [0.2, 0.25) is 5.91 Å². The molecule has 1 aromatic carbocycles. The number of aromatic nitrogens is 2. The lowest BCUT2D eigenvalue weighted by Gasteiger charge is -2.10. The highest BCUT2D eigenvalue weighted by molar-refractivity contribution is 7.14. The van der Waals surface area contributed by atoms with E-state index in [9.17, 15) is 14.4 Å². The molecule has 2 aromatic heterocycles. The van der Waals surface area contributed by atoms with Gasteiger partial charge in [-0.05, 0) is 37.6 Å². The molecule has 150 valence electrons. The average Bonchev–Trinajstić information content (AvgIpc) is 3.16. The summed E-state index contributed by atoms with van der Waals surface area (Å²) in [5.41, 5.74) is 0.849. The molecular weight excluding hydrogens is 392 g/mol. The van der Waals surface area contributed by atoms with Crippen LogP contribution in [0.5, 0.6) is 5.75 Å². The number of hydrogen-bond donors (Lipinski definition) is 3. The fraction of sp³-hybridized carbons (Fsp3) is 0.200. The molecule has 0 saturated heterocycles. The molecule has 0 atom stereocenters. The smallest absolute Gasteiger partial charge is 0.263 e. The quantitative estimate of drug-likeness (QED) is 0.526. The lowest BCUT2D eigenvalue weighted by atomic mass is 10.2. The Bertz CT molecular complexity index is 1060. The fourth-order valence-electron chi connectivity index (χ4n) is 2.55. The van der Waals surface area contributed by atoms with E-state index >= 15 is 0 Å². The number of rotatable bonds is 8. The van der Waals surface area contributed by atoms with Crippen molar-refractivity contribution in [3.05, 3.63) is 69.6 Å². The van der Waals surface area contributed by atoms with Gasteiger partial charge in [0.05, 0.1) is 18.0 Å². The predicted molar refractivity (Wildman–Crippen MR) is 112 cm³/mol. The summed E-state index contributed by atoms with van der Waals surface area (Å²) in [7, 11) is 0. The number of aryl methyl sites for hydroxylation is 1. The van der Waals surface area contributed by atoms with Gasteiger partial charge >= 0.3 is 0 Å². The minimum atomic E-state index is -0.530. The highest BCUT2D eigenvalue weighted by Crippen LogP contribution is 2.24. The van der Waals surface area contributed by atoms with Crippen molar-refractivity contribution >= 4 is 34.0 Å². The Morgan fingerprint density at radius 2 is 2.00 bits per heavy atom. The monoisotopic (exact) mass is 412 g/mol. The lowest BCUT2D eigenvalue weighted by Crippen LogP contribution is -2.22. The normalized spacial score (nSPS) is 10.4. The van der Waals surface area contributed by atoms with E-state index in [1.807, 2.05) is 19.1 Å². The Labute approximate surface area is 171 Å². The van der Waals surface area contributed by atoms with Gasteiger partial charge in [-0.25, -0.2) is 4.98 Å². The highest BCUT2D eigenvalue weighted by Gasteiger charge is 2.13. The molecule has 0 unspecified atom stereocenters. The third-order valence-corrected chi connectivity index (χ3v) is 4.71. The largest absolute Gasteiger partial charge is 0.492 e. The maximum absolute atomic E-state index is 12.3. The summed E-state index contributed by atoms with van der Waals surface area (Å²) in [5.74, 6) is -0.0671. The summed E-state index contributed by atoms with van der Waals surface area (Å²) in [6, 6.07) is 10.3. The number of carbonyl (C=O) groups is 2. The van der Waals surface area contributed by atoms with Crippen LogP contribution in [0.3, 0.4) is 0 Å². The first kappa shape index (κ1) is 20.3. The van der Waals surface area contributed by atoms with E-state index in [0.717, 1.165) is 0 Å². The summed E-state index contributed by atoms with van der Waals surface area (Å²) in [4.78, 5) is 42.8. The van der Waals surface area contributed by atoms with Gasteiger partial charge in [0.15, 0.2) is 5.13 Å². The van der Waals surface area contributed by atoms with Crippen LogP contribution in [0.25, 0.3) is 0 Å². The number of benzene rings is 1. The number of pyridine rings is 1. The van der Waals surface area contributed by atoms with Crippen LogP contribution < -0.4 is 20.9 Å². The number of carbonyl (C=O) groups excluding carboxylic acids is 2. The molecule has 0 aliphatic heterocycles. The first-order chi connectivity index (χ1) is 14.1. The molecule has 8 nitrogen and oxygen atoms in total. The number of thiazole rings is 1. The van der Waals surface area contributed by atoms with E-state index in [4.69, 9.17) is 4.74 Å². The minimum absolute atomic E-state index is 0.0107. The molecule has 0 spiro atoms. The Morgan fingerprint density at radius 1 is 1.17 bits per heavy atom.